The molecule has 0 aromatic rings. The fourth-order valence-electron chi connectivity index (χ4n) is 3.73. The van der Waals surface area contributed by atoms with E-state index in [1.165, 1.54) is 0 Å². The lowest BCUT2D eigenvalue weighted by Gasteiger charge is -2.41. The van der Waals surface area contributed by atoms with E-state index in [1.54, 1.807) is 18.5 Å². The summed E-state index contributed by atoms with van der Waals surface area (Å²) in [5, 5.41) is 13.2. The van der Waals surface area contributed by atoms with Crippen LogP contribution in [0.4, 0.5) is 0 Å². The number of hydroxylamine groups is 3. The zero-order valence-corrected chi connectivity index (χ0v) is 13.2. The van der Waals surface area contributed by atoms with Crippen LogP contribution in [0.2, 0.25) is 0 Å². The molecule has 0 aliphatic carbocycles. The van der Waals surface area contributed by atoms with Gasteiger partial charge in [-0.2, -0.15) is 0 Å². The number of carbonyl (C=O) groups excluding carboxylic acids is 1. The molecular formula is C16H18N2O3S. The topological polar surface area (TPSA) is 52.6 Å². The maximum Gasteiger partial charge on any atom is 0.218 e. The van der Waals surface area contributed by atoms with Gasteiger partial charge in [-0.1, -0.05) is 13.3 Å². The molecule has 0 aromatic heterocycles. The largest absolute Gasteiger partial charge is 0.621 e. The Morgan fingerprint density at radius 2 is 2.41 bits per heavy atom. The van der Waals surface area contributed by atoms with E-state index < -0.39 is 4.65 Å². The van der Waals surface area contributed by atoms with E-state index in [0.29, 0.717) is 13.2 Å². The predicted octanol–water partition coefficient (Wildman–Crippen LogP) is 2.94. The quantitative estimate of drug-likeness (QED) is 0.579. The normalized spacial score (nSPS) is 35.8. The maximum absolute atomic E-state index is 13.5. The molecule has 0 bridgehead atoms. The smallest absolute Gasteiger partial charge is 0.218 e. The highest BCUT2D eigenvalue weighted by molar-refractivity contribution is 8.15. The summed E-state index contributed by atoms with van der Waals surface area (Å²) in [4.78, 5) is 14.2. The predicted molar refractivity (Wildman–Crippen MR) is 84.5 cm³/mol. The average molecular weight is 318 g/mol. The first-order valence-electron chi connectivity index (χ1n) is 7.63. The molecule has 3 unspecified atom stereocenters. The number of fused-ring (bicyclic) bond motifs is 4. The molecule has 0 spiro atoms. The summed E-state index contributed by atoms with van der Waals surface area (Å²) in [6.07, 6.45) is 11.4. The third-order valence-electron chi connectivity index (χ3n) is 4.67. The molecule has 0 aromatic carbocycles. The van der Waals surface area contributed by atoms with Gasteiger partial charge < -0.3 is 14.8 Å². The molecule has 0 saturated carbocycles. The number of hydrogen-bond acceptors (Lipinski definition) is 5. The van der Waals surface area contributed by atoms with Gasteiger partial charge in [-0.05, 0) is 24.3 Å². The van der Waals surface area contributed by atoms with Crippen LogP contribution in [0.25, 0.3) is 0 Å². The summed E-state index contributed by atoms with van der Waals surface area (Å²) in [6.45, 7) is 2.56. The molecule has 22 heavy (non-hydrogen) atoms. The lowest BCUT2D eigenvalue weighted by Crippen LogP contribution is -2.43. The van der Waals surface area contributed by atoms with Crippen molar-refractivity contribution in [3.05, 3.63) is 52.9 Å². The van der Waals surface area contributed by atoms with Crippen molar-refractivity contribution in [1.29, 1.82) is 0 Å². The van der Waals surface area contributed by atoms with E-state index in [9.17, 15) is 10.0 Å². The maximum atomic E-state index is 13.5. The second kappa shape index (κ2) is 5.01. The first-order chi connectivity index (χ1) is 10.6. The fraction of sp³-hybridized carbons (Fsp3) is 0.438. The van der Waals surface area contributed by atoms with Gasteiger partial charge in [0.2, 0.25) is 5.12 Å². The average Bonchev–Trinajstić information content (AvgIpc) is 3.07. The first kappa shape index (κ1) is 14.1. The lowest BCUT2D eigenvalue weighted by atomic mass is 10.00. The molecule has 0 saturated heterocycles. The minimum absolute atomic E-state index is 0.00831. The van der Waals surface area contributed by atoms with Gasteiger partial charge >= 0.3 is 0 Å². The van der Waals surface area contributed by atoms with Crippen LogP contribution in [0.5, 0.6) is 0 Å². The van der Waals surface area contributed by atoms with E-state index in [2.05, 4.69) is 11.8 Å². The monoisotopic (exact) mass is 318 g/mol. The Balaban J connectivity index is 1.92. The Hall–Kier alpha value is -1.50. The van der Waals surface area contributed by atoms with Crippen LogP contribution in [-0.4, -0.2) is 32.8 Å². The minimum atomic E-state index is -0.529. The number of hydrogen-bond donors (Lipinski definition) is 0. The van der Waals surface area contributed by atoms with Crippen molar-refractivity contribution in [2.45, 2.75) is 37.6 Å². The molecule has 3 atom stereocenters. The molecule has 0 radical (unpaired) electrons. The van der Waals surface area contributed by atoms with Gasteiger partial charge in [0.1, 0.15) is 11.4 Å². The van der Waals surface area contributed by atoms with Crippen molar-refractivity contribution in [3.8, 4) is 0 Å². The van der Waals surface area contributed by atoms with Crippen molar-refractivity contribution in [1.82, 2.24) is 4.90 Å². The van der Waals surface area contributed by atoms with Crippen molar-refractivity contribution >= 4 is 16.9 Å². The molecule has 0 N–H and O–H groups in total. The summed E-state index contributed by atoms with van der Waals surface area (Å²) in [7, 11) is 0. The SMILES string of the molecule is CCCC1C2=CC(=O)SC2[N+]2([O-])C=CCC2=C2C=COCN21. The second-order valence-corrected chi connectivity index (χ2v) is 7.02. The summed E-state index contributed by atoms with van der Waals surface area (Å²) in [5.41, 5.74) is 2.73. The Kier molecular flexibility index (Phi) is 3.21. The van der Waals surface area contributed by atoms with Crippen LogP contribution in [0.3, 0.4) is 0 Å². The number of carbonyl (C=O) groups is 1. The molecule has 6 heteroatoms. The van der Waals surface area contributed by atoms with Crippen LogP contribution in [0, 0.1) is 5.21 Å². The highest BCUT2D eigenvalue weighted by Crippen LogP contribution is 2.49. The third kappa shape index (κ3) is 1.84. The van der Waals surface area contributed by atoms with Gasteiger partial charge in [0.05, 0.1) is 18.5 Å². The van der Waals surface area contributed by atoms with Crippen LogP contribution < -0.4 is 0 Å². The summed E-state index contributed by atoms with van der Waals surface area (Å²) in [5.74, 6) is 0. The summed E-state index contributed by atoms with van der Waals surface area (Å²) >= 11 is 1.16. The van der Waals surface area contributed by atoms with Gasteiger partial charge in [0.15, 0.2) is 12.1 Å². The van der Waals surface area contributed by atoms with Crippen LogP contribution in [0.15, 0.2) is 47.7 Å². The molecule has 4 aliphatic rings. The summed E-state index contributed by atoms with van der Waals surface area (Å²) in [6, 6.07) is 0.0596. The van der Waals surface area contributed by atoms with Gasteiger partial charge in [-0.15, -0.1) is 0 Å². The highest BCUT2D eigenvalue weighted by atomic mass is 32.2. The first-order valence-corrected chi connectivity index (χ1v) is 8.51. The molecule has 0 fully saturated rings. The second-order valence-electron chi connectivity index (χ2n) is 5.94. The van der Waals surface area contributed by atoms with Crippen molar-refractivity contribution < 1.29 is 14.2 Å². The number of rotatable bonds is 2. The molecule has 4 rings (SSSR count). The van der Waals surface area contributed by atoms with E-state index >= 15 is 0 Å². The molecule has 4 aliphatic heterocycles. The zero-order valence-electron chi connectivity index (χ0n) is 12.4. The van der Waals surface area contributed by atoms with Crippen LogP contribution in [-0.2, 0) is 9.53 Å². The number of quaternary nitrogens is 1. The van der Waals surface area contributed by atoms with Gasteiger partial charge in [0, 0.05) is 24.1 Å². The third-order valence-corrected chi connectivity index (χ3v) is 5.83. The van der Waals surface area contributed by atoms with Crippen molar-refractivity contribution in [2.24, 2.45) is 0 Å². The number of ether oxygens (including phenoxy) is 1. The number of nitrogens with zero attached hydrogens (tertiary/aromatic N) is 2. The zero-order chi connectivity index (χ0) is 15.3. The minimum Gasteiger partial charge on any atom is -0.621 e. The highest BCUT2D eigenvalue weighted by Gasteiger charge is 2.50. The van der Waals surface area contributed by atoms with Gasteiger partial charge in [0.25, 0.3) is 0 Å². The van der Waals surface area contributed by atoms with Crippen LogP contribution in [0.1, 0.15) is 26.2 Å². The molecule has 4 heterocycles. The van der Waals surface area contributed by atoms with E-state index in [0.717, 1.165) is 41.6 Å². The van der Waals surface area contributed by atoms with E-state index in [4.69, 9.17) is 4.74 Å². The Bertz CT molecular complexity index is 652. The number of thioether (sulfide) groups is 1. The number of allylic oxidation sites excluding steroid dienone is 2. The Labute approximate surface area is 133 Å². The van der Waals surface area contributed by atoms with E-state index in [1.807, 2.05) is 12.2 Å². The Morgan fingerprint density at radius 3 is 3.23 bits per heavy atom. The molecule has 5 nitrogen and oxygen atoms in total. The van der Waals surface area contributed by atoms with Gasteiger partial charge in [-0.3, -0.25) is 9.44 Å². The van der Waals surface area contributed by atoms with Crippen LogP contribution >= 0.6 is 11.8 Å². The van der Waals surface area contributed by atoms with Crippen molar-refractivity contribution in [3.63, 3.8) is 0 Å². The van der Waals surface area contributed by atoms with Gasteiger partial charge in [-0.25, -0.2) is 0 Å². The Morgan fingerprint density at radius 1 is 1.55 bits per heavy atom. The summed E-state index contributed by atoms with van der Waals surface area (Å²) < 4.78 is 4.96. The molecular weight excluding hydrogens is 300 g/mol. The lowest BCUT2D eigenvalue weighted by molar-refractivity contribution is -0.790. The molecule has 116 valence electrons. The van der Waals surface area contributed by atoms with E-state index in [-0.39, 0.29) is 16.5 Å². The molecule has 0 amide bonds. The van der Waals surface area contributed by atoms with Crippen molar-refractivity contribution in [2.75, 3.05) is 6.73 Å². The standard InChI is InChI=1S/C16H18N2O3S/c1-2-4-12-11-9-15(19)22-16(11)18(20)7-3-5-14(18)13-6-8-21-10-17(12)13/h3,6-9,12,16H,2,4-5,10H2,1H3. The fourth-order valence-corrected chi connectivity index (χ4v) is 4.87.